The fourth-order valence-corrected chi connectivity index (χ4v) is 6.38. The minimum atomic E-state index is -0.211. The number of nitrogens with one attached hydrogen (secondary N) is 2. The molecule has 2 amide bonds. The molecule has 3 heterocycles. The number of thiazole rings is 1. The fraction of sp³-hybridized carbons (Fsp3) is 0.233. The number of carbonyl (C=O) groups excluding carboxylic acids is 2. The highest BCUT2D eigenvalue weighted by Gasteiger charge is 2.21. The Hall–Kier alpha value is -3.70. The minimum Gasteiger partial charge on any atom is -0.492 e. The van der Waals surface area contributed by atoms with Gasteiger partial charge in [-0.25, -0.2) is 4.98 Å². The van der Waals surface area contributed by atoms with E-state index in [1.807, 2.05) is 48.5 Å². The Morgan fingerprint density at radius 1 is 1.05 bits per heavy atom. The molecule has 2 N–H and O–H groups in total. The van der Waals surface area contributed by atoms with Crippen LogP contribution in [0.15, 0.2) is 82.7 Å². The average Bonchev–Trinajstić information content (AvgIpc) is 3.41. The van der Waals surface area contributed by atoms with E-state index in [1.165, 1.54) is 23.1 Å². The lowest BCUT2D eigenvalue weighted by molar-refractivity contribution is 0.0322. The number of benzene rings is 3. The van der Waals surface area contributed by atoms with E-state index in [0.717, 1.165) is 63.8 Å². The number of rotatable bonds is 8. The van der Waals surface area contributed by atoms with Crippen LogP contribution in [-0.4, -0.2) is 61.2 Å². The van der Waals surface area contributed by atoms with Crippen molar-refractivity contribution in [2.45, 2.75) is 16.3 Å². The Morgan fingerprint density at radius 3 is 2.73 bits per heavy atom. The third kappa shape index (κ3) is 6.20. The number of morpholine rings is 1. The number of hydrogen-bond acceptors (Lipinski definition) is 8. The Bertz CT molecular complexity index is 1520. The van der Waals surface area contributed by atoms with Crippen LogP contribution in [0.2, 0.25) is 0 Å². The summed E-state index contributed by atoms with van der Waals surface area (Å²) in [5.41, 5.74) is 2.75. The molecule has 0 unspecified atom stereocenters. The van der Waals surface area contributed by atoms with Gasteiger partial charge < -0.3 is 20.1 Å². The molecule has 0 radical (unpaired) electrons. The number of hydrogen-bond donors (Lipinski definition) is 2. The topological polar surface area (TPSA) is 92.8 Å². The molecule has 204 valence electrons. The summed E-state index contributed by atoms with van der Waals surface area (Å²) in [4.78, 5) is 35.2. The van der Waals surface area contributed by atoms with E-state index >= 15 is 0 Å². The van der Waals surface area contributed by atoms with E-state index in [2.05, 4.69) is 20.5 Å². The Balaban J connectivity index is 1.03. The summed E-state index contributed by atoms with van der Waals surface area (Å²) in [5, 5.41) is 6.79. The van der Waals surface area contributed by atoms with Crippen molar-refractivity contribution in [3.8, 4) is 16.3 Å². The third-order valence-electron chi connectivity index (χ3n) is 6.70. The first-order valence-electron chi connectivity index (χ1n) is 13.1. The molecule has 8 nitrogen and oxygen atoms in total. The second kappa shape index (κ2) is 12.2. The molecule has 10 heteroatoms. The predicted molar refractivity (Wildman–Crippen MR) is 156 cm³/mol. The van der Waals surface area contributed by atoms with E-state index in [1.54, 1.807) is 24.4 Å². The molecule has 1 saturated heterocycles. The summed E-state index contributed by atoms with van der Waals surface area (Å²) in [5.74, 6) is 0.446. The van der Waals surface area contributed by atoms with Crippen molar-refractivity contribution < 1.29 is 19.1 Å². The zero-order valence-electron chi connectivity index (χ0n) is 21.7. The summed E-state index contributed by atoms with van der Waals surface area (Å²) in [7, 11) is 0. The van der Waals surface area contributed by atoms with Crippen LogP contribution < -0.4 is 15.4 Å². The van der Waals surface area contributed by atoms with E-state index in [-0.39, 0.29) is 11.8 Å². The summed E-state index contributed by atoms with van der Waals surface area (Å²) in [6.45, 7) is 5.38. The van der Waals surface area contributed by atoms with Crippen LogP contribution in [0.25, 0.3) is 10.6 Å². The number of amides is 2. The zero-order chi connectivity index (χ0) is 27.3. The number of fused-ring (bicyclic) bond motifs is 2. The lowest BCUT2D eigenvalue weighted by Crippen LogP contribution is -2.38. The third-order valence-corrected chi connectivity index (χ3v) is 8.90. The molecule has 2 aliphatic heterocycles. The van der Waals surface area contributed by atoms with Crippen molar-refractivity contribution in [3.05, 3.63) is 88.9 Å². The van der Waals surface area contributed by atoms with Crippen LogP contribution in [0.5, 0.6) is 5.75 Å². The number of carbonyl (C=O) groups is 2. The maximum absolute atomic E-state index is 12.9. The van der Waals surface area contributed by atoms with Crippen molar-refractivity contribution in [3.63, 3.8) is 0 Å². The fourth-order valence-electron chi connectivity index (χ4n) is 4.51. The monoisotopic (exact) mass is 572 g/mol. The Labute approximate surface area is 240 Å². The first kappa shape index (κ1) is 26.5. The largest absolute Gasteiger partial charge is 0.492 e. The second-order valence-corrected chi connectivity index (χ2v) is 11.6. The summed E-state index contributed by atoms with van der Waals surface area (Å²) >= 11 is 3.05. The van der Waals surface area contributed by atoms with Gasteiger partial charge in [0.25, 0.3) is 11.8 Å². The highest BCUT2D eigenvalue weighted by Crippen LogP contribution is 2.39. The molecular formula is C30H28N4O4S2. The van der Waals surface area contributed by atoms with Gasteiger partial charge in [0.05, 0.1) is 31.0 Å². The van der Waals surface area contributed by atoms with Crippen LogP contribution in [0, 0.1) is 0 Å². The Kier molecular flexibility index (Phi) is 8.10. The van der Waals surface area contributed by atoms with Crippen LogP contribution >= 0.6 is 23.1 Å². The molecule has 3 aromatic carbocycles. The van der Waals surface area contributed by atoms with E-state index in [9.17, 15) is 9.59 Å². The predicted octanol–water partition coefficient (Wildman–Crippen LogP) is 5.17. The van der Waals surface area contributed by atoms with E-state index < -0.39 is 0 Å². The highest BCUT2D eigenvalue weighted by molar-refractivity contribution is 7.99. The molecule has 6 rings (SSSR count). The zero-order valence-corrected chi connectivity index (χ0v) is 23.4. The van der Waals surface area contributed by atoms with Crippen molar-refractivity contribution >= 4 is 40.6 Å². The smallest absolute Gasteiger partial charge is 0.256 e. The maximum atomic E-state index is 12.9. The van der Waals surface area contributed by atoms with Crippen molar-refractivity contribution in [1.82, 2.24) is 15.2 Å². The van der Waals surface area contributed by atoms with Gasteiger partial charge >= 0.3 is 0 Å². The van der Waals surface area contributed by atoms with Gasteiger partial charge in [-0.15, -0.1) is 11.3 Å². The van der Waals surface area contributed by atoms with Gasteiger partial charge in [-0.05, 0) is 54.6 Å². The van der Waals surface area contributed by atoms with E-state index in [4.69, 9.17) is 9.47 Å². The molecule has 2 aliphatic rings. The van der Waals surface area contributed by atoms with Gasteiger partial charge in [0.2, 0.25) is 0 Å². The molecular weight excluding hydrogens is 544 g/mol. The molecule has 1 fully saturated rings. The number of nitrogens with zero attached hydrogens (tertiary/aromatic N) is 2. The minimum absolute atomic E-state index is 0.177. The van der Waals surface area contributed by atoms with Gasteiger partial charge in [-0.3, -0.25) is 14.5 Å². The first-order chi connectivity index (χ1) is 19.6. The maximum Gasteiger partial charge on any atom is 0.256 e. The molecule has 1 aromatic heterocycles. The van der Waals surface area contributed by atoms with Crippen molar-refractivity contribution in [1.29, 1.82) is 0 Å². The molecule has 0 atom stereocenters. The summed E-state index contributed by atoms with van der Waals surface area (Å²) < 4.78 is 11.3. The van der Waals surface area contributed by atoms with Crippen molar-refractivity contribution in [2.75, 3.05) is 44.8 Å². The molecule has 40 heavy (non-hydrogen) atoms. The summed E-state index contributed by atoms with van der Waals surface area (Å²) in [6.07, 6.45) is 1.79. The first-order valence-corrected chi connectivity index (χ1v) is 14.7. The van der Waals surface area contributed by atoms with Crippen LogP contribution in [0.1, 0.15) is 25.6 Å². The SMILES string of the molecule is O=C(NCc1cnc(-c2ccc(OCCN3CCOCC3)cc2)s1)c1ccc2c(c1)NC(=O)c1ccccc1S2. The number of aromatic nitrogens is 1. The number of anilines is 1. The van der Waals surface area contributed by atoms with Gasteiger partial charge in [-0.1, -0.05) is 23.9 Å². The standard InChI is InChI=1S/C30H28N4O4S2/c35-28(21-7-10-27-25(17-21)33-29(36)24-3-1-2-4-26(24)40-27)31-18-23-19-32-30(39-23)20-5-8-22(9-6-20)38-16-13-34-11-14-37-15-12-34/h1-10,17,19H,11-16,18H2,(H,31,35)(H,33,36). The molecule has 0 aliphatic carbocycles. The van der Waals surface area contributed by atoms with Gasteiger partial charge in [-0.2, -0.15) is 0 Å². The Morgan fingerprint density at radius 2 is 1.88 bits per heavy atom. The number of ether oxygens (including phenoxy) is 2. The van der Waals surface area contributed by atoms with Crippen LogP contribution in [-0.2, 0) is 11.3 Å². The van der Waals surface area contributed by atoms with Crippen molar-refractivity contribution in [2.24, 2.45) is 0 Å². The lowest BCUT2D eigenvalue weighted by atomic mass is 10.1. The van der Waals surface area contributed by atoms with Gasteiger partial charge in [0, 0.05) is 51.6 Å². The van der Waals surface area contributed by atoms with Crippen LogP contribution in [0.4, 0.5) is 5.69 Å². The van der Waals surface area contributed by atoms with Crippen LogP contribution in [0.3, 0.4) is 0 Å². The van der Waals surface area contributed by atoms with Gasteiger partial charge in [0.1, 0.15) is 17.4 Å². The molecule has 0 spiro atoms. The second-order valence-electron chi connectivity index (χ2n) is 9.40. The molecule has 0 saturated carbocycles. The highest BCUT2D eigenvalue weighted by atomic mass is 32.2. The molecule has 4 aromatic rings. The lowest BCUT2D eigenvalue weighted by Gasteiger charge is -2.26. The van der Waals surface area contributed by atoms with E-state index in [0.29, 0.717) is 30.0 Å². The normalized spacial score (nSPS) is 14.9. The summed E-state index contributed by atoms with van der Waals surface area (Å²) in [6, 6.07) is 20.8. The van der Waals surface area contributed by atoms with Gasteiger partial charge in [0.15, 0.2) is 0 Å². The quantitative estimate of drug-likeness (QED) is 0.301. The molecule has 0 bridgehead atoms. The average molecular weight is 573 g/mol.